The highest BCUT2D eigenvalue weighted by molar-refractivity contribution is 7.85. The molecule has 2 N–H and O–H groups in total. The fourth-order valence-electron chi connectivity index (χ4n) is 2.42. The van der Waals surface area contributed by atoms with Crippen molar-refractivity contribution in [2.75, 3.05) is 12.9 Å². The average molecular weight is 425 g/mol. The molecule has 1 aromatic rings. The van der Waals surface area contributed by atoms with E-state index in [0.717, 1.165) is 16.8 Å². The van der Waals surface area contributed by atoms with E-state index in [9.17, 15) is 18.0 Å². The molecule has 0 aliphatic heterocycles. The molecule has 0 aliphatic carbocycles. The molecule has 1 amide bonds. The van der Waals surface area contributed by atoms with Crippen molar-refractivity contribution in [1.29, 1.82) is 0 Å². The van der Waals surface area contributed by atoms with Crippen molar-refractivity contribution in [2.24, 2.45) is 0 Å². The third-order valence-electron chi connectivity index (χ3n) is 3.67. The first kappa shape index (κ1) is 22.7. The Bertz CT molecular complexity index is 797. The normalized spacial score (nSPS) is 12.7. The highest BCUT2D eigenvalue weighted by atomic mass is 32.2. The maximum atomic E-state index is 11.1. The van der Waals surface area contributed by atoms with Gasteiger partial charge in [-0.1, -0.05) is 0 Å². The molecule has 0 spiro atoms. The molecule has 11 heteroatoms. The van der Waals surface area contributed by atoms with E-state index in [2.05, 4.69) is 5.32 Å². The van der Waals surface area contributed by atoms with Gasteiger partial charge >= 0.3 is 5.97 Å². The summed E-state index contributed by atoms with van der Waals surface area (Å²) in [5, 5.41) is 11.5. The largest absolute Gasteiger partial charge is 0.480 e. The number of nitrogens with zero attached hydrogens (tertiary/aromatic N) is 1. The molecule has 0 aromatic carbocycles. The van der Waals surface area contributed by atoms with Gasteiger partial charge in [0, 0.05) is 30.5 Å². The minimum Gasteiger partial charge on any atom is -0.480 e. The third-order valence-corrected chi connectivity index (χ3v) is 5.87. The Morgan fingerprint density at radius 2 is 2.04 bits per heavy atom. The number of unbranched alkanes of at least 4 members (excludes halogenated alkanes) is 1. The summed E-state index contributed by atoms with van der Waals surface area (Å²) in [6.07, 6.45) is 3.16. The first-order chi connectivity index (χ1) is 12.0. The second-order valence-corrected chi connectivity index (χ2v) is 9.26. The van der Waals surface area contributed by atoms with Gasteiger partial charge in [-0.15, -0.1) is 11.3 Å². The van der Waals surface area contributed by atoms with Crippen LogP contribution in [-0.2, 0) is 36.9 Å². The van der Waals surface area contributed by atoms with Crippen LogP contribution in [0.5, 0.6) is 0 Å². The van der Waals surface area contributed by atoms with Crippen molar-refractivity contribution < 1.29 is 27.3 Å². The molecule has 0 saturated heterocycles. The second-order valence-electron chi connectivity index (χ2n) is 5.89. The molecule has 1 atom stereocenters. The number of carbonyl (C=O) groups is 2. The lowest BCUT2D eigenvalue weighted by Crippen LogP contribution is -2.39. The van der Waals surface area contributed by atoms with Gasteiger partial charge in [-0.2, -0.15) is 8.42 Å². The van der Waals surface area contributed by atoms with Crippen LogP contribution >= 0.6 is 23.6 Å². The van der Waals surface area contributed by atoms with Gasteiger partial charge in [-0.05, 0) is 38.4 Å². The summed E-state index contributed by atoms with van der Waals surface area (Å²) in [4.78, 5) is 23.1. The molecule has 0 fully saturated rings. The van der Waals surface area contributed by atoms with Crippen molar-refractivity contribution in [3.63, 3.8) is 0 Å². The number of carboxylic acids is 1. The van der Waals surface area contributed by atoms with Crippen LogP contribution < -0.4 is 5.32 Å². The Morgan fingerprint density at radius 3 is 2.58 bits per heavy atom. The molecule has 8 nitrogen and oxygen atoms in total. The van der Waals surface area contributed by atoms with Crippen molar-refractivity contribution in [3.05, 3.63) is 14.5 Å². The summed E-state index contributed by atoms with van der Waals surface area (Å²) >= 11 is 6.78. The maximum absolute atomic E-state index is 11.1. The SMILES string of the molecule is CC(=O)N[C@@H](CCCCn1c(C)c(CCOS(C)(=O)=O)sc1=S)C(=O)O. The van der Waals surface area contributed by atoms with Crippen LogP contribution in [0.2, 0.25) is 0 Å². The highest BCUT2D eigenvalue weighted by Crippen LogP contribution is 2.21. The topological polar surface area (TPSA) is 115 Å². The summed E-state index contributed by atoms with van der Waals surface area (Å²) < 4.78 is 29.4. The summed E-state index contributed by atoms with van der Waals surface area (Å²) in [5.41, 5.74) is 0.966. The second kappa shape index (κ2) is 10.1. The van der Waals surface area contributed by atoms with Gasteiger partial charge in [-0.3, -0.25) is 8.98 Å². The van der Waals surface area contributed by atoms with Crippen molar-refractivity contribution >= 4 is 45.5 Å². The minimum absolute atomic E-state index is 0.0754. The van der Waals surface area contributed by atoms with Crippen LogP contribution in [0.4, 0.5) is 0 Å². The first-order valence-electron chi connectivity index (χ1n) is 8.04. The lowest BCUT2D eigenvalue weighted by Gasteiger charge is -2.13. The van der Waals surface area contributed by atoms with Crippen molar-refractivity contribution in [1.82, 2.24) is 9.88 Å². The Hall–Kier alpha value is -1.30. The third kappa shape index (κ3) is 7.94. The van der Waals surface area contributed by atoms with Crippen molar-refractivity contribution in [3.8, 4) is 0 Å². The van der Waals surface area contributed by atoms with Gasteiger partial charge in [0.15, 0.2) is 3.95 Å². The Kier molecular flexibility index (Phi) is 8.87. The monoisotopic (exact) mass is 424 g/mol. The molecule has 0 bridgehead atoms. The molecule has 0 radical (unpaired) electrons. The fourth-order valence-corrected chi connectivity index (χ4v) is 4.33. The predicted molar refractivity (Wildman–Crippen MR) is 101 cm³/mol. The van der Waals surface area contributed by atoms with Crippen LogP contribution in [0.3, 0.4) is 0 Å². The van der Waals surface area contributed by atoms with Gasteiger partial charge in [0.05, 0.1) is 12.9 Å². The minimum atomic E-state index is -3.46. The number of carbonyl (C=O) groups excluding carboxylic acids is 1. The number of hydrogen-bond acceptors (Lipinski definition) is 7. The van der Waals surface area contributed by atoms with Gasteiger partial charge in [0.2, 0.25) is 5.91 Å². The van der Waals surface area contributed by atoms with Crippen LogP contribution in [0.15, 0.2) is 0 Å². The maximum Gasteiger partial charge on any atom is 0.326 e. The molecule has 1 aromatic heterocycles. The van der Waals surface area contributed by atoms with Gasteiger partial charge in [-0.25, -0.2) is 4.79 Å². The predicted octanol–water partition coefficient (Wildman–Crippen LogP) is 1.87. The van der Waals surface area contributed by atoms with Crippen LogP contribution in [0.1, 0.15) is 36.8 Å². The van der Waals surface area contributed by atoms with Gasteiger partial charge in [0.1, 0.15) is 6.04 Å². The number of hydrogen-bond donors (Lipinski definition) is 2. The molecule has 0 saturated carbocycles. The van der Waals surface area contributed by atoms with Crippen LogP contribution in [0.25, 0.3) is 0 Å². The summed E-state index contributed by atoms with van der Waals surface area (Å²) in [7, 11) is -3.46. The number of amides is 1. The van der Waals surface area contributed by atoms with E-state index in [4.69, 9.17) is 21.5 Å². The van der Waals surface area contributed by atoms with Gasteiger partial charge in [0.25, 0.3) is 10.1 Å². The standard InChI is InChI=1S/C15H24N2O6S3/c1-10-13(7-9-23-26(3,21)22)25-15(24)17(10)8-5-4-6-12(14(19)20)16-11(2)18/h12H,4-9H2,1-3H3,(H,16,18)(H,19,20)/t12-/m0/s1. The summed E-state index contributed by atoms with van der Waals surface area (Å²) in [6.45, 7) is 3.92. The zero-order chi connectivity index (χ0) is 19.9. The number of rotatable bonds is 11. The zero-order valence-electron chi connectivity index (χ0n) is 15.0. The number of aliphatic carboxylic acids is 1. The number of thiazole rings is 1. The van der Waals surface area contributed by atoms with E-state index >= 15 is 0 Å². The van der Waals surface area contributed by atoms with Gasteiger partial charge < -0.3 is 15.0 Å². The molecule has 26 heavy (non-hydrogen) atoms. The van der Waals surface area contributed by atoms with E-state index in [1.165, 1.54) is 18.3 Å². The van der Waals surface area contributed by atoms with E-state index in [1.807, 2.05) is 11.5 Å². The molecule has 1 rings (SSSR count). The average Bonchev–Trinajstić information content (AvgIpc) is 2.75. The fraction of sp³-hybridized carbons (Fsp3) is 0.667. The van der Waals surface area contributed by atoms with Crippen LogP contribution in [0, 0.1) is 10.9 Å². The molecule has 0 aliphatic rings. The Morgan fingerprint density at radius 1 is 1.38 bits per heavy atom. The number of carboxylic acid groups (broad SMARTS) is 1. The summed E-state index contributed by atoms with van der Waals surface area (Å²) in [6, 6.07) is -0.882. The highest BCUT2D eigenvalue weighted by Gasteiger charge is 2.17. The lowest BCUT2D eigenvalue weighted by molar-refractivity contribution is -0.141. The zero-order valence-corrected chi connectivity index (χ0v) is 17.4. The summed E-state index contributed by atoms with van der Waals surface area (Å²) in [5.74, 6) is -1.41. The lowest BCUT2D eigenvalue weighted by atomic mass is 10.1. The molecular weight excluding hydrogens is 400 g/mol. The molecule has 1 heterocycles. The molecular formula is C15H24N2O6S3. The number of nitrogens with one attached hydrogen (secondary N) is 1. The Balaban J connectivity index is 2.56. The first-order valence-corrected chi connectivity index (χ1v) is 11.1. The van der Waals surface area contributed by atoms with Crippen molar-refractivity contribution in [2.45, 2.75) is 52.1 Å². The smallest absolute Gasteiger partial charge is 0.326 e. The Labute approximate surface area is 162 Å². The molecule has 0 unspecified atom stereocenters. The molecule has 148 valence electrons. The quantitative estimate of drug-likeness (QED) is 0.316. The van der Waals surface area contributed by atoms with Crippen LogP contribution in [-0.4, -0.2) is 48.9 Å². The van der Waals surface area contributed by atoms with E-state index < -0.39 is 22.1 Å². The van der Waals surface area contributed by atoms with E-state index in [1.54, 1.807) is 0 Å². The number of aromatic nitrogens is 1. The van der Waals surface area contributed by atoms with E-state index in [-0.39, 0.29) is 12.5 Å². The van der Waals surface area contributed by atoms with E-state index in [0.29, 0.717) is 36.2 Å².